The Bertz CT molecular complexity index is 1940. The highest BCUT2D eigenvalue weighted by Crippen LogP contribution is 2.65. The fourth-order valence-corrected chi connectivity index (χ4v) is 8.93. The number of para-hydroxylation sites is 1. The Labute approximate surface area is 290 Å². The average molecular weight is 674 g/mol. The van der Waals surface area contributed by atoms with Crippen molar-refractivity contribution < 1.29 is 34.2 Å². The van der Waals surface area contributed by atoms with Crippen LogP contribution in [0.5, 0.6) is 5.75 Å². The first-order valence-electron chi connectivity index (χ1n) is 17.0. The Balaban J connectivity index is 1.42. The molecule has 3 aromatic carbocycles. The van der Waals surface area contributed by atoms with Gasteiger partial charge in [0.15, 0.2) is 0 Å². The number of carbonyl (C=O) groups is 5. The van der Waals surface area contributed by atoms with Crippen LogP contribution in [0, 0.1) is 30.6 Å². The number of hydrazine groups is 1. The molecule has 50 heavy (non-hydrogen) atoms. The predicted octanol–water partition coefficient (Wildman–Crippen LogP) is 5.28. The van der Waals surface area contributed by atoms with E-state index in [1.165, 1.54) is 4.90 Å². The standard InChI is InChI=1S/C40H39N3O7/c1-3-9-24-10-7-13-29(35(24)46)34-27-19-20-28-33(38(49)42(36(28)47)21-8-14-32(44)45)30(27)22-31-37(48)43(41-26-17-15-23(2)16-18-26)39(50)40(31,34)25-11-5-4-6-12-25/h3-7,10-13,15-19,28,30-31,33-34,41,46H,1,8-9,14,20-22H2,2H3,(H,44,45)/t28-,30+,31-,33-,34+,40+/m0/s1. The normalized spacial score (nSPS) is 27.1. The molecule has 3 N–H and O–H groups in total. The number of nitrogens with one attached hydrogen (secondary N) is 1. The Morgan fingerprint density at radius 1 is 0.960 bits per heavy atom. The molecular weight excluding hydrogens is 634 g/mol. The molecule has 1 saturated carbocycles. The smallest absolute Gasteiger partial charge is 0.303 e. The second kappa shape index (κ2) is 12.7. The molecule has 2 heterocycles. The van der Waals surface area contributed by atoms with E-state index in [1.807, 2.05) is 61.5 Å². The van der Waals surface area contributed by atoms with Crippen LogP contribution in [-0.4, -0.2) is 56.3 Å². The maximum absolute atomic E-state index is 15.2. The Kier molecular flexibility index (Phi) is 8.41. The molecular formula is C40H39N3O7. The van der Waals surface area contributed by atoms with E-state index in [1.54, 1.807) is 30.3 Å². The summed E-state index contributed by atoms with van der Waals surface area (Å²) in [6.07, 6.45) is 4.32. The number of fused-ring (bicyclic) bond motifs is 4. The second-order valence-corrected chi connectivity index (χ2v) is 13.8. The molecule has 10 nitrogen and oxygen atoms in total. The molecule has 2 aliphatic carbocycles. The van der Waals surface area contributed by atoms with Crippen molar-refractivity contribution in [2.75, 3.05) is 12.0 Å². The summed E-state index contributed by atoms with van der Waals surface area (Å²) in [6, 6.07) is 21.9. The molecule has 4 amide bonds. The molecule has 0 bridgehead atoms. The number of hydrogen-bond donors (Lipinski definition) is 3. The van der Waals surface area contributed by atoms with Gasteiger partial charge in [-0.1, -0.05) is 84.0 Å². The van der Waals surface area contributed by atoms with E-state index in [0.29, 0.717) is 28.8 Å². The van der Waals surface area contributed by atoms with Crippen molar-refractivity contribution in [2.45, 2.75) is 50.4 Å². The number of phenols is 1. The minimum absolute atomic E-state index is 0.00409. The minimum Gasteiger partial charge on any atom is -0.507 e. The number of amides is 4. The lowest BCUT2D eigenvalue weighted by atomic mass is 9.49. The van der Waals surface area contributed by atoms with Crippen LogP contribution in [0.4, 0.5) is 5.69 Å². The molecule has 3 aromatic rings. The van der Waals surface area contributed by atoms with Crippen molar-refractivity contribution >= 4 is 35.3 Å². The number of likely N-dealkylation sites (tertiary alicyclic amines) is 1. The quantitative estimate of drug-likeness (QED) is 0.195. The van der Waals surface area contributed by atoms with E-state index in [2.05, 4.69) is 12.0 Å². The molecule has 0 spiro atoms. The fraction of sp³-hybridized carbons (Fsp3) is 0.325. The van der Waals surface area contributed by atoms with Gasteiger partial charge in [0.05, 0.1) is 28.9 Å². The van der Waals surface area contributed by atoms with Crippen LogP contribution in [0.3, 0.4) is 0 Å². The lowest BCUT2D eigenvalue weighted by molar-refractivity contribution is -0.142. The number of carbonyl (C=O) groups excluding carboxylic acids is 4. The molecule has 2 saturated heterocycles. The highest BCUT2D eigenvalue weighted by Gasteiger charge is 2.70. The van der Waals surface area contributed by atoms with Gasteiger partial charge in [-0.3, -0.25) is 34.3 Å². The SMILES string of the molecule is C=CCc1cccc([C@H]2C3=CC[C@@H]4C(=O)N(CCCC(=O)O)C(=O)[C@@H]4[C@@H]3C[C@H]3C(=O)N(Nc4ccc(C)cc4)C(=O)[C@@]23c2ccccc2)c1O. The van der Waals surface area contributed by atoms with Crippen molar-refractivity contribution in [2.24, 2.45) is 23.7 Å². The zero-order valence-electron chi connectivity index (χ0n) is 27.7. The number of nitrogens with zero attached hydrogens (tertiary/aromatic N) is 2. The minimum atomic E-state index is -1.50. The highest BCUT2D eigenvalue weighted by atomic mass is 16.4. The summed E-state index contributed by atoms with van der Waals surface area (Å²) in [4.78, 5) is 70.2. The third-order valence-corrected chi connectivity index (χ3v) is 11.1. The molecule has 3 fully saturated rings. The Morgan fingerprint density at radius 2 is 1.70 bits per heavy atom. The summed E-state index contributed by atoms with van der Waals surface area (Å²) in [5, 5.41) is 22.2. The first kappa shape index (κ1) is 33.0. The third-order valence-electron chi connectivity index (χ3n) is 11.1. The summed E-state index contributed by atoms with van der Waals surface area (Å²) in [7, 11) is 0. The van der Waals surface area contributed by atoms with E-state index in [0.717, 1.165) is 16.1 Å². The van der Waals surface area contributed by atoms with Crippen LogP contribution in [0.15, 0.2) is 97.1 Å². The first-order valence-corrected chi connectivity index (χ1v) is 17.0. The van der Waals surface area contributed by atoms with Gasteiger partial charge in [0, 0.05) is 24.4 Å². The monoisotopic (exact) mass is 673 g/mol. The van der Waals surface area contributed by atoms with Gasteiger partial charge in [-0.2, -0.15) is 5.01 Å². The van der Waals surface area contributed by atoms with Crippen molar-refractivity contribution in [3.8, 4) is 5.75 Å². The number of carboxylic acid groups (broad SMARTS) is 1. The lowest BCUT2D eigenvalue weighted by Gasteiger charge is -2.50. The second-order valence-electron chi connectivity index (χ2n) is 13.8. The van der Waals surface area contributed by atoms with E-state index in [-0.39, 0.29) is 49.8 Å². The van der Waals surface area contributed by atoms with Gasteiger partial charge < -0.3 is 10.2 Å². The molecule has 4 aliphatic rings. The molecule has 7 rings (SSSR count). The van der Waals surface area contributed by atoms with Crippen LogP contribution in [-0.2, 0) is 35.8 Å². The summed E-state index contributed by atoms with van der Waals surface area (Å²) in [5.74, 6) is -6.52. The topological polar surface area (TPSA) is 144 Å². The van der Waals surface area contributed by atoms with E-state index in [4.69, 9.17) is 0 Å². The van der Waals surface area contributed by atoms with E-state index in [9.17, 15) is 29.4 Å². The van der Waals surface area contributed by atoms with Crippen LogP contribution < -0.4 is 5.43 Å². The number of carboxylic acids is 1. The predicted molar refractivity (Wildman–Crippen MR) is 184 cm³/mol. The van der Waals surface area contributed by atoms with E-state index >= 15 is 4.79 Å². The number of hydrogen-bond acceptors (Lipinski definition) is 7. The van der Waals surface area contributed by atoms with Gasteiger partial charge in [0.1, 0.15) is 5.75 Å². The number of rotatable bonds is 10. The zero-order chi connectivity index (χ0) is 35.3. The van der Waals surface area contributed by atoms with Crippen molar-refractivity contribution in [3.05, 3.63) is 119 Å². The average Bonchev–Trinajstić information content (AvgIpc) is 3.48. The molecule has 256 valence electrons. The fourth-order valence-electron chi connectivity index (χ4n) is 8.93. The first-order chi connectivity index (χ1) is 24.1. The molecule has 6 atom stereocenters. The maximum atomic E-state index is 15.2. The highest BCUT2D eigenvalue weighted by molar-refractivity contribution is 6.13. The van der Waals surface area contributed by atoms with E-state index < -0.39 is 52.8 Å². The maximum Gasteiger partial charge on any atom is 0.303 e. The van der Waals surface area contributed by atoms with Gasteiger partial charge in [-0.25, -0.2) is 0 Å². The van der Waals surface area contributed by atoms with Crippen molar-refractivity contribution in [1.82, 2.24) is 9.91 Å². The van der Waals surface area contributed by atoms with Gasteiger partial charge in [-0.05, 0) is 61.8 Å². The van der Waals surface area contributed by atoms with Gasteiger partial charge in [-0.15, -0.1) is 6.58 Å². The van der Waals surface area contributed by atoms with Gasteiger partial charge in [0.2, 0.25) is 11.8 Å². The number of benzene rings is 3. The van der Waals surface area contributed by atoms with Crippen molar-refractivity contribution in [3.63, 3.8) is 0 Å². The molecule has 0 aromatic heterocycles. The molecule has 0 radical (unpaired) electrons. The number of aliphatic carboxylic acids is 1. The number of phenolic OH excluding ortho intramolecular Hbond substituents is 1. The summed E-state index contributed by atoms with van der Waals surface area (Å²) in [6.45, 7) is 5.78. The van der Waals surface area contributed by atoms with Crippen LogP contribution in [0.2, 0.25) is 0 Å². The largest absolute Gasteiger partial charge is 0.507 e. The zero-order valence-corrected chi connectivity index (χ0v) is 27.7. The Hall–Kier alpha value is -5.51. The summed E-state index contributed by atoms with van der Waals surface area (Å²) in [5.41, 5.74) is 5.57. The number of allylic oxidation sites excluding steroid dienone is 3. The Morgan fingerprint density at radius 3 is 2.40 bits per heavy atom. The van der Waals surface area contributed by atoms with Crippen LogP contribution in [0.25, 0.3) is 0 Å². The van der Waals surface area contributed by atoms with Gasteiger partial charge in [0.25, 0.3) is 11.8 Å². The molecule has 0 unspecified atom stereocenters. The number of aromatic hydroxyl groups is 1. The molecule has 10 heteroatoms. The molecule has 2 aliphatic heterocycles. The number of anilines is 1. The third kappa shape index (κ3) is 5.04. The van der Waals surface area contributed by atoms with Crippen LogP contribution in [0.1, 0.15) is 53.9 Å². The summed E-state index contributed by atoms with van der Waals surface area (Å²) < 4.78 is 0. The number of aryl methyl sites for hydroxylation is 1. The van der Waals surface area contributed by atoms with Crippen LogP contribution >= 0.6 is 0 Å². The van der Waals surface area contributed by atoms with Gasteiger partial charge >= 0.3 is 5.97 Å². The summed E-state index contributed by atoms with van der Waals surface area (Å²) >= 11 is 0. The van der Waals surface area contributed by atoms with Crippen molar-refractivity contribution in [1.29, 1.82) is 0 Å². The number of imide groups is 2. The lowest BCUT2D eigenvalue weighted by Crippen LogP contribution is -2.53.